The van der Waals surface area contributed by atoms with Crippen molar-refractivity contribution < 1.29 is 49.3 Å². The highest BCUT2D eigenvalue weighted by Crippen LogP contribution is 2.36. The largest absolute Gasteiger partial charge is 0.389 e. The van der Waals surface area contributed by atoms with Gasteiger partial charge < -0.3 is 50.0 Å². The Kier molecular flexibility index (Phi) is 9.44. The molecule has 4 heterocycles. The van der Waals surface area contributed by atoms with Crippen molar-refractivity contribution in [2.45, 2.75) is 80.4 Å². The molecule has 3 aliphatic heterocycles. The Morgan fingerprint density at radius 3 is 2.39 bits per heavy atom. The summed E-state index contributed by atoms with van der Waals surface area (Å²) >= 11 is 0. The maximum atomic E-state index is 13.8. The Morgan fingerprint density at radius 2 is 1.78 bits per heavy atom. The van der Waals surface area contributed by atoms with Crippen molar-refractivity contribution in [2.75, 3.05) is 34.2 Å². The summed E-state index contributed by atoms with van der Waals surface area (Å²) in [6, 6.07) is -1.57. The van der Waals surface area contributed by atoms with Gasteiger partial charge in [-0.05, 0) is 21.0 Å². The lowest BCUT2D eigenvalue weighted by Crippen LogP contribution is -2.59. The van der Waals surface area contributed by atoms with Crippen molar-refractivity contribution in [3.05, 3.63) is 33.1 Å². The quantitative estimate of drug-likeness (QED) is 0.150. The lowest BCUT2D eigenvalue weighted by atomic mass is 9.97. The standard InChI is InChI=1S/C24H37N5O12/c1-9(30)13-10(31)8-27(3)14(21(37)28(13)4)19(41-23-18(36)15(33)11(39-23)7-25-2)20-16(34)17(35)22(40-20)29-6-5-12(32)26-24(29)38/h5-6,10-11,13-20,22-23,25,31,33-36H,7-8H2,1-4H3,(H,26,32,38)/t10-,11?,13+,14-,15?,16?,17?,18?,19-,20?,22?,23?/m0/s1. The van der Waals surface area contributed by atoms with Gasteiger partial charge in [0.15, 0.2) is 18.3 Å². The number of carbonyl (C=O) groups is 2. The van der Waals surface area contributed by atoms with Crippen LogP contribution in [0.15, 0.2) is 21.9 Å². The van der Waals surface area contributed by atoms with Gasteiger partial charge >= 0.3 is 5.69 Å². The number of Topliss-reactive ketones (excluding diaryl/α,β-unsaturated/α-hetero) is 1. The Hall–Kier alpha value is -2.58. The highest BCUT2D eigenvalue weighted by atomic mass is 16.7. The number of carbonyl (C=O) groups excluding carboxylic acids is 2. The molecule has 0 radical (unpaired) electrons. The van der Waals surface area contributed by atoms with E-state index in [4.69, 9.17) is 14.2 Å². The minimum Gasteiger partial charge on any atom is -0.389 e. The monoisotopic (exact) mass is 587 g/mol. The van der Waals surface area contributed by atoms with Crippen molar-refractivity contribution in [1.82, 2.24) is 24.7 Å². The third-order valence-electron chi connectivity index (χ3n) is 7.80. The summed E-state index contributed by atoms with van der Waals surface area (Å²) in [6.07, 6.45) is -13.8. The van der Waals surface area contributed by atoms with Gasteiger partial charge in [0.05, 0.1) is 6.10 Å². The summed E-state index contributed by atoms with van der Waals surface area (Å²) in [7, 11) is 4.39. The van der Waals surface area contributed by atoms with E-state index in [1.807, 2.05) is 4.98 Å². The number of aliphatic hydroxyl groups is 5. The van der Waals surface area contributed by atoms with Crippen molar-refractivity contribution in [2.24, 2.45) is 0 Å². The van der Waals surface area contributed by atoms with Crippen LogP contribution >= 0.6 is 0 Å². The van der Waals surface area contributed by atoms with Crippen LogP contribution in [0.4, 0.5) is 0 Å². The molecule has 3 fully saturated rings. The maximum absolute atomic E-state index is 13.8. The smallest absolute Gasteiger partial charge is 0.330 e. The second-order valence-corrected chi connectivity index (χ2v) is 10.6. The van der Waals surface area contributed by atoms with Gasteiger partial charge in [-0.1, -0.05) is 0 Å². The molecule has 7 N–H and O–H groups in total. The van der Waals surface area contributed by atoms with E-state index in [-0.39, 0.29) is 13.1 Å². The number of ether oxygens (including phenoxy) is 3. The van der Waals surface area contributed by atoms with Crippen LogP contribution in [0.25, 0.3) is 0 Å². The molecular formula is C24H37N5O12. The zero-order chi connectivity index (χ0) is 30.3. The van der Waals surface area contributed by atoms with E-state index in [1.165, 1.54) is 25.9 Å². The predicted octanol–water partition coefficient (Wildman–Crippen LogP) is -5.70. The Bertz CT molecular complexity index is 1230. The van der Waals surface area contributed by atoms with Gasteiger partial charge in [-0.15, -0.1) is 0 Å². The van der Waals surface area contributed by atoms with Crippen molar-refractivity contribution in [3.8, 4) is 0 Å². The number of aromatic nitrogens is 2. The lowest BCUT2D eigenvalue weighted by molar-refractivity contribution is -0.233. The predicted molar refractivity (Wildman–Crippen MR) is 136 cm³/mol. The number of H-pyrrole nitrogens is 1. The normalized spacial score (nSPS) is 39.2. The summed E-state index contributed by atoms with van der Waals surface area (Å²) in [4.78, 5) is 54.6. The third-order valence-corrected chi connectivity index (χ3v) is 7.80. The molecule has 3 saturated heterocycles. The molecule has 41 heavy (non-hydrogen) atoms. The average molecular weight is 588 g/mol. The molecule has 17 nitrogen and oxygen atoms in total. The number of likely N-dealkylation sites (N-methyl/N-ethyl adjacent to an activating group) is 3. The van der Waals surface area contributed by atoms with Gasteiger partial charge in [-0.25, -0.2) is 4.79 Å². The number of nitrogens with one attached hydrogen (secondary N) is 2. The topological polar surface area (TPSA) is 236 Å². The van der Waals surface area contributed by atoms with Gasteiger partial charge in [0.2, 0.25) is 5.91 Å². The van der Waals surface area contributed by atoms with Crippen LogP contribution in [0.1, 0.15) is 13.2 Å². The SMILES string of the molecule is CNCC1OC(O[C@H](C2OC(n3ccc(=O)[nH]c3=O)C(O)C2O)[C@H]2C(=O)N(C)[C@H](C(C)=O)[C@@H](O)CN2C)C(O)C1O. The average Bonchev–Trinajstić information content (AvgIpc) is 3.30. The summed E-state index contributed by atoms with van der Waals surface area (Å²) in [6.45, 7) is 1.17. The number of nitrogens with zero attached hydrogens (tertiary/aromatic N) is 3. The number of β-amino-alcohol motifs (C(OH)–C–C–N with tert-alkyl or cyclic N) is 1. The van der Waals surface area contributed by atoms with Crippen LogP contribution in [-0.4, -0.2) is 158 Å². The molecule has 3 aliphatic rings. The van der Waals surface area contributed by atoms with Crippen LogP contribution < -0.4 is 16.6 Å². The summed E-state index contributed by atoms with van der Waals surface area (Å²) in [5.74, 6) is -1.19. The molecule has 230 valence electrons. The number of aromatic amines is 1. The zero-order valence-corrected chi connectivity index (χ0v) is 22.9. The van der Waals surface area contributed by atoms with E-state index < -0.39 is 96.4 Å². The van der Waals surface area contributed by atoms with Crippen molar-refractivity contribution in [1.29, 1.82) is 0 Å². The van der Waals surface area contributed by atoms with E-state index in [1.54, 1.807) is 7.05 Å². The van der Waals surface area contributed by atoms with Crippen LogP contribution in [0.5, 0.6) is 0 Å². The Balaban J connectivity index is 1.74. The first-order valence-corrected chi connectivity index (χ1v) is 13.1. The number of hydrogen-bond acceptors (Lipinski definition) is 14. The fourth-order valence-corrected chi connectivity index (χ4v) is 5.73. The molecule has 0 aromatic carbocycles. The molecule has 0 saturated carbocycles. The summed E-state index contributed by atoms with van der Waals surface area (Å²) in [5, 5.41) is 56.7. The molecule has 0 bridgehead atoms. The molecule has 1 amide bonds. The highest BCUT2D eigenvalue weighted by molar-refractivity contribution is 5.91. The second-order valence-electron chi connectivity index (χ2n) is 10.6. The number of rotatable bonds is 8. The first kappa shape index (κ1) is 31.4. The van der Waals surface area contributed by atoms with Gasteiger partial charge in [-0.2, -0.15) is 0 Å². The summed E-state index contributed by atoms with van der Waals surface area (Å²) in [5.41, 5.74) is -1.64. The number of amides is 1. The first-order valence-electron chi connectivity index (χ1n) is 13.1. The minimum atomic E-state index is -1.77. The van der Waals surface area contributed by atoms with E-state index in [2.05, 4.69) is 5.32 Å². The molecule has 17 heteroatoms. The van der Waals surface area contributed by atoms with Crippen LogP contribution in [0, 0.1) is 0 Å². The number of hydrogen-bond donors (Lipinski definition) is 7. The molecule has 4 rings (SSSR count). The van der Waals surface area contributed by atoms with E-state index >= 15 is 0 Å². The highest BCUT2D eigenvalue weighted by Gasteiger charge is 2.56. The van der Waals surface area contributed by atoms with Gasteiger partial charge in [0.25, 0.3) is 5.56 Å². The number of aliphatic hydroxyl groups excluding tert-OH is 5. The minimum absolute atomic E-state index is 0.138. The van der Waals surface area contributed by atoms with Gasteiger partial charge in [0.1, 0.15) is 54.8 Å². The molecular weight excluding hydrogens is 550 g/mol. The fraction of sp³-hybridized carbons (Fsp3) is 0.750. The Labute approximate surface area is 233 Å². The molecule has 0 aliphatic carbocycles. The van der Waals surface area contributed by atoms with Crippen LogP contribution in [-0.2, 0) is 23.8 Å². The fourth-order valence-electron chi connectivity index (χ4n) is 5.73. The molecule has 1 aromatic heterocycles. The second kappa shape index (κ2) is 12.3. The molecule has 0 spiro atoms. The first-order chi connectivity index (χ1) is 19.3. The number of ketones is 1. The van der Waals surface area contributed by atoms with Crippen molar-refractivity contribution >= 4 is 11.7 Å². The van der Waals surface area contributed by atoms with Crippen LogP contribution in [0.3, 0.4) is 0 Å². The zero-order valence-electron chi connectivity index (χ0n) is 22.9. The van der Waals surface area contributed by atoms with Crippen LogP contribution in [0.2, 0.25) is 0 Å². The Morgan fingerprint density at radius 1 is 1.10 bits per heavy atom. The van der Waals surface area contributed by atoms with Gasteiger partial charge in [-0.3, -0.25) is 28.8 Å². The third kappa shape index (κ3) is 5.87. The van der Waals surface area contributed by atoms with Gasteiger partial charge in [0, 0.05) is 32.4 Å². The lowest BCUT2D eigenvalue weighted by Gasteiger charge is -2.38. The van der Waals surface area contributed by atoms with E-state index in [0.29, 0.717) is 0 Å². The molecule has 12 atom stereocenters. The molecule has 8 unspecified atom stereocenters. The van der Waals surface area contributed by atoms with Crippen molar-refractivity contribution in [3.63, 3.8) is 0 Å². The molecule has 1 aromatic rings. The summed E-state index contributed by atoms with van der Waals surface area (Å²) < 4.78 is 18.5. The van der Waals surface area contributed by atoms with E-state index in [9.17, 15) is 44.7 Å². The van der Waals surface area contributed by atoms with E-state index in [0.717, 1.165) is 21.7 Å². The maximum Gasteiger partial charge on any atom is 0.330 e.